The Morgan fingerprint density at radius 1 is 1.37 bits per heavy atom. The van der Waals surface area contributed by atoms with E-state index in [4.69, 9.17) is 4.74 Å². The minimum atomic E-state index is 0.101. The molecule has 0 bridgehead atoms. The van der Waals surface area contributed by atoms with Crippen molar-refractivity contribution in [2.24, 2.45) is 0 Å². The fourth-order valence-electron chi connectivity index (χ4n) is 2.57. The molecule has 0 amide bonds. The van der Waals surface area contributed by atoms with Gasteiger partial charge in [-0.05, 0) is 25.0 Å². The summed E-state index contributed by atoms with van der Waals surface area (Å²) in [6, 6.07) is 8.28. The SMILES string of the molecule is CCC1(CC)COC(c2nc3ccccc3s2)CN1. The first-order valence-electron chi connectivity index (χ1n) is 6.98. The highest BCUT2D eigenvalue weighted by Crippen LogP contribution is 2.32. The Morgan fingerprint density at radius 2 is 2.16 bits per heavy atom. The van der Waals surface area contributed by atoms with Gasteiger partial charge in [0.2, 0.25) is 0 Å². The van der Waals surface area contributed by atoms with E-state index in [9.17, 15) is 0 Å². The van der Waals surface area contributed by atoms with Crippen LogP contribution in [0.3, 0.4) is 0 Å². The normalized spacial score (nSPS) is 22.7. The van der Waals surface area contributed by atoms with Gasteiger partial charge >= 0.3 is 0 Å². The maximum atomic E-state index is 6.08. The summed E-state index contributed by atoms with van der Waals surface area (Å²) in [6.07, 6.45) is 2.31. The van der Waals surface area contributed by atoms with E-state index in [1.165, 1.54) is 4.70 Å². The predicted octanol–water partition coefficient (Wildman–Crippen LogP) is 3.52. The fourth-order valence-corrected chi connectivity index (χ4v) is 3.59. The molecule has 1 N–H and O–H groups in total. The molecule has 0 radical (unpaired) electrons. The van der Waals surface area contributed by atoms with Crippen LogP contribution in [0.25, 0.3) is 10.2 Å². The van der Waals surface area contributed by atoms with Gasteiger partial charge in [0, 0.05) is 12.1 Å². The summed E-state index contributed by atoms with van der Waals surface area (Å²) in [5, 5.41) is 4.76. The van der Waals surface area contributed by atoms with E-state index in [0.717, 1.165) is 36.5 Å². The third-order valence-corrected chi connectivity index (χ3v) is 5.29. The molecule has 0 aliphatic carbocycles. The molecule has 0 saturated carbocycles. The number of para-hydroxylation sites is 1. The molecule has 102 valence electrons. The monoisotopic (exact) mass is 276 g/mol. The van der Waals surface area contributed by atoms with Crippen molar-refractivity contribution in [3.05, 3.63) is 29.3 Å². The van der Waals surface area contributed by atoms with Crippen LogP contribution in [0.5, 0.6) is 0 Å². The number of thiazole rings is 1. The van der Waals surface area contributed by atoms with Crippen molar-refractivity contribution in [3.8, 4) is 0 Å². The summed E-state index contributed by atoms with van der Waals surface area (Å²) >= 11 is 1.74. The number of morpholine rings is 1. The van der Waals surface area contributed by atoms with Gasteiger partial charge in [-0.15, -0.1) is 11.3 Å². The van der Waals surface area contributed by atoms with E-state index in [-0.39, 0.29) is 11.6 Å². The van der Waals surface area contributed by atoms with Gasteiger partial charge < -0.3 is 10.1 Å². The molecule has 1 aliphatic heterocycles. The molecule has 0 spiro atoms. The first kappa shape index (κ1) is 13.0. The third-order valence-electron chi connectivity index (χ3n) is 4.16. The maximum absolute atomic E-state index is 6.08. The number of nitrogens with zero attached hydrogens (tertiary/aromatic N) is 1. The molecule has 1 saturated heterocycles. The van der Waals surface area contributed by atoms with Crippen molar-refractivity contribution < 1.29 is 4.74 Å². The van der Waals surface area contributed by atoms with E-state index in [1.54, 1.807) is 11.3 Å². The lowest BCUT2D eigenvalue weighted by Gasteiger charge is -2.39. The summed E-state index contributed by atoms with van der Waals surface area (Å²) in [7, 11) is 0. The van der Waals surface area contributed by atoms with Gasteiger partial charge in [-0.25, -0.2) is 4.98 Å². The molecule has 1 unspecified atom stereocenters. The first-order chi connectivity index (χ1) is 9.26. The van der Waals surface area contributed by atoms with Gasteiger partial charge in [0.15, 0.2) is 0 Å². The lowest BCUT2D eigenvalue weighted by atomic mass is 9.92. The molecule has 1 aromatic heterocycles. The lowest BCUT2D eigenvalue weighted by molar-refractivity contribution is -0.0374. The average Bonchev–Trinajstić information content (AvgIpc) is 2.91. The Kier molecular flexibility index (Phi) is 3.56. The average molecular weight is 276 g/mol. The minimum Gasteiger partial charge on any atom is -0.368 e. The van der Waals surface area contributed by atoms with E-state index in [1.807, 2.05) is 6.07 Å². The Morgan fingerprint density at radius 3 is 2.79 bits per heavy atom. The van der Waals surface area contributed by atoms with Gasteiger partial charge in [0.05, 0.1) is 16.8 Å². The van der Waals surface area contributed by atoms with Crippen LogP contribution in [0.2, 0.25) is 0 Å². The van der Waals surface area contributed by atoms with Crippen LogP contribution < -0.4 is 5.32 Å². The molecule has 3 rings (SSSR count). The van der Waals surface area contributed by atoms with Crippen molar-refractivity contribution in [3.63, 3.8) is 0 Å². The highest BCUT2D eigenvalue weighted by Gasteiger charge is 2.34. The van der Waals surface area contributed by atoms with Crippen molar-refractivity contribution in [2.45, 2.75) is 38.3 Å². The molecule has 1 aliphatic rings. The second-order valence-electron chi connectivity index (χ2n) is 5.19. The zero-order chi connectivity index (χ0) is 13.3. The van der Waals surface area contributed by atoms with Crippen LogP contribution in [0.1, 0.15) is 37.8 Å². The summed E-state index contributed by atoms with van der Waals surface area (Å²) in [6.45, 7) is 6.08. The van der Waals surface area contributed by atoms with Gasteiger partial charge in [-0.1, -0.05) is 26.0 Å². The van der Waals surface area contributed by atoms with E-state index >= 15 is 0 Å². The molecule has 4 heteroatoms. The summed E-state index contributed by atoms with van der Waals surface area (Å²) in [5.74, 6) is 0. The van der Waals surface area contributed by atoms with Crippen LogP contribution in [-0.4, -0.2) is 23.7 Å². The molecular formula is C15H20N2OS. The number of aromatic nitrogens is 1. The smallest absolute Gasteiger partial charge is 0.124 e. The van der Waals surface area contributed by atoms with Crippen LogP contribution in [-0.2, 0) is 4.74 Å². The second-order valence-corrected chi connectivity index (χ2v) is 6.25. The Hall–Kier alpha value is -0.970. The van der Waals surface area contributed by atoms with Crippen LogP contribution >= 0.6 is 11.3 Å². The number of benzene rings is 1. The molecular weight excluding hydrogens is 256 g/mol. The largest absolute Gasteiger partial charge is 0.368 e. The second kappa shape index (κ2) is 5.19. The van der Waals surface area contributed by atoms with E-state index in [2.05, 4.69) is 42.3 Å². The lowest BCUT2D eigenvalue weighted by Crippen LogP contribution is -2.54. The zero-order valence-corrected chi connectivity index (χ0v) is 12.3. The van der Waals surface area contributed by atoms with Crippen LogP contribution in [0.4, 0.5) is 0 Å². The van der Waals surface area contributed by atoms with E-state index < -0.39 is 0 Å². The predicted molar refractivity (Wildman–Crippen MR) is 79.6 cm³/mol. The molecule has 1 fully saturated rings. The molecule has 2 heterocycles. The van der Waals surface area contributed by atoms with Gasteiger partial charge in [-0.2, -0.15) is 0 Å². The number of nitrogens with one attached hydrogen (secondary N) is 1. The number of hydrogen-bond donors (Lipinski definition) is 1. The summed E-state index contributed by atoms with van der Waals surface area (Å²) < 4.78 is 7.32. The molecule has 19 heavy (non-hydrogen) atoms. The molecule has 3 nitrogen and oxygen atoms in total. The number of hydrogen-bond acceptors (Lipinski definition) is 4. The van der Waals surface area contributed by atoms with Crippen molar-refractivity contribution >= 4 is 21.6 Å². The number of fused-ring (bicyclic) bond motifs is 1. The van der Waals surface area contributed by atoms with Gasteiger partial charge in [0.25, 0.3) is 0 Å². The zero-order valence-electron chi connectivity index (χ0n) is 11.5. The molecule has 2 aromatic rings. The van der Waals surface area contributed by atoms with Crippen molar-refractivity contribution in [1.29, 1.82) is 0 Å². The Bertz CT molecular complexity index is 519. The summed E-state index contributed by atoms with van der Waals surface area (Å²) in [5.41, 5.74) is 1.24. The number of ether oxygens (including phenoxy) is 1. The topological polar surface area (TPSA) is 34.1 Å². The van der Waals surface area contributed by atoms with E-state index in [0.29, 0.717) is 0 Å². The van der Waals surface area contributed by atoms with Gasteiger partial charge in [0.1, 0.15) is 11.1 Å². The van der Waals surface area contributed by atoms with Gasteiger partial charge in [-0.3, -0.25) is 0 Å². The van der Waals surface area contributed by atoms with Crippen molar-refractivity contribution in [2.75, 3.05) is 13.2 Å². The fraction of sp³-hybridized carbons (Fsp3) is 0.533. The Balaban J connectivity index is 1.78. The minimum absolute atomic E-state index is 0.101. The quantitative estimate of drug-likeness (QED) is 0.931. The molecule has 1 aromatic carbocycles. The summed E-state index contributed by atoms with van der Waals surface area (Å²) in [4.78, 5) is 4.69. The van der Waals surface area contributed by atoms with Crippen LogP contribution in [0.15, 0.2) is 24.3 Å². The molecule has 1 atom stereocenters. The first-order valence-corrected chi connectivity index (χ1v) is 7.80. The van der Waals surface area contributed by atoms with Crippen LogP contribution in [0, 0.1) is 0 Å². The highest BCUT2D eigenvalue weighted by atomic mass is 32.1. The third kappa shape index (κ3) is 2.40. The highest BCUT2D eigenvalue weighted by molar-refractivity contribution is 7.18. The van der Waals surface area contributed by atoms with Crippen molar-refractivity contribution in [1.82, 2.24) is 10.3 Å². The number of rotatable bonds is 3. The standard InChI is InChI=1S/C15H20N2OS/c1-3-15(4-2)10-18-12(9-16-15)14-17-11-7-5-6-8-13(11)19-14/h5-8,12,16H,3-4,9-10H2,1-2H3. The maximum Gasteiger partial charge on any atom is 0.124 e. The Labute approximate surface area is 118 Å².